The molecule has 12 atom stereocenters. The fraction of sp³-hybridized carbons (Fsp3) is 0.550. The van der Waals surface area contributed by atoms with Crippen molar-refractivity contribution in [1.29, 1.82) is 0 Å². The first-order valence-electron chi connectivity index (χ1n) is 17.4. The number of benzene rings is 3. The minimum atomic E-state index is 0.738. The molecule has 0 aromatic heterocycles. The van der Waals surface area contributed by atoms with Gasteiger partial charge in [0, 0.05) is 28.6 Å². The first kappa shape index (κ1) is 26.4. The van der Waals surface area contributed by atoms with Crippen LogP contribution in [0.15, 0.2) is 91.0 Å². The fourth-order valence-electron chi connectivity index (χ4n) is 11.8. The quantitative estimate of drug-likeness (QED) is 0.307. The van der Waals surface area contributed by atoms with Crippen molar-refractivity contribution in [1.82, 2.24) is 4.90 Å². The average molecular weight is 574 g/mol. The van der Waals surface area contributed by atoms with Gasteiger partial charge in [-0.1, -0.05) is 97.4 Å². The Morgan fingerprint density at radius 2 is 1.12 bits per heavy atom. The second-order valence-electron chi connectivity index (χ2n) is 14.9. The van der Waals surface area contributed by atoms with E-state index in [4.69, 9.17) is 0 Å². The zero-order valence-corrected chi connectivity index (χ0v) is 25.8. The summed E-state index contributed by atoms with van der Waals surface area (Å²) in [4.78, 5) is 3.32. The van der Waals surface area contributed by atoms with Crippen molar-refractivity contribution in [2.45, 2.75) is 111 Å². The smallest absolute Gasteiger partial charge is 0.0252 e. The summed E-state index contributed by atoms with van der Waals surface area (Å²) >= 11 is 2.48. The molecule has 9 rings (SSSR count). The molecule has 2 heteroatoms. The van der Waals surface area contributed by atoms with Crippen molar-refractivity contribution in [3.05, 3.63) is 108 Å². The van der Waals surface area contributed by atoms with Crippen molar-refractivity contribution in [2.75, 3.05) is 0 Å². The molecule has 2 saturated heterocycles. The van der Waals surface area contributed by atoms with Gasteiger partial charge in [0.1, 0.15) is 0 Å². The standard InChI is InChI=1S/C40H47NS/c1-4-11-26(12-5-1)29-19-21-35-37(24-29)42-38-25-30(27-13-6-2-7-14-27)23-34-33-18-10-17-32-31(28-15-8-3-9-16-28)20-22-36(39(32)33)41(35)40(34)38/h1-9,11-16,29-40H,10,17-25H2. The zero-order valence-electron chi connectivity index (χ0n) is 25.0. The minimum absolute atomic E-state index is 0.738. The zero-order chi connectivity index (χ0) is 27.6. The van der Waals surface area contributed by atoms with E-state index in [1.54, 1.807) is 16.7 Å². The maximum absolute atomic E-state index is 3.32. The molecule has 4 saturated carbocycles. The predicted molar refractivity (Wildman–Crippen MR) is 176 cm³/mol. The summed E-state index contributed by atoms with van der Waals surface area (Å²) in [7, 11) is 0. The van der Waals surface area contributed by atoms with Crippen LogP contribution in [0.1, 0.15) is 98.7 Å². The van der Waals surface area contributed by atoms with E-state index in [1.165, 1.54) is 64.2 Å². The van der Waals surface area contributed by atoms with Crippen molar-refractivity contribution in [3.63, 3.8) is 0 Å². The summed E-state index contributed by atoms with van der Waals surface area (Å²) in [6.45, 7) is 0. The number of nitrogens with zero attached hydrogens (tertiary/aromatic N) is 1. The maximum Gasteiger partial charge on any atom is 0.0252 e. The lowest BCUT2D eigenvalue weighted by Gasteiger charge is -2.69. The Morgan fingerprint density at radius 1 is 0.500 bits per heavy atom. The lowest BCUT2D eigenvalue weighted by Crippen LogP contribution is -2.72. The molecule has 12 unspecified atom stereocenters. The van der Waals surface area contributed by atoms with Crippen LogP contribution in [0.25, 0.3) is 0 Å². The number of hydrogen-bond donors (Lipinski definition) is 0. The van der Waals surface area contributed by atoms with Crippen molar-refractivity contribution in [2.24, 2.45) is 23.7 Å². The molecule has 0 N–H and O–H groups in total. The van der Waals surface area contributed by atoms with Crippen LogP contribution in [0.2, 0.25) is 0 Å². The fourth-order valence-corrected chi connectivity index (χ4v) is 13.9. The van der Waals surface area contributed by atoms with Gasteiger partial charge in [0.15, 0.2) is 0 Å². The van der Waals surface area contributed by atoms with Crippen LogP contribution in [0.4, 0.5) is 0 Å². The van der Waals surface area contributed by atoms with Crippen LogP contribution < -0.4 is 0 Å². The Balaban J connectivity index is 1.10. The highest BCUT2D eigenvalue weighted by atomic mass is 32.2. The molecule has 2 aliphatic heterocycles. The van der Waals surface area contributed by atoms with E-state index in [0.29, 0.717) is 0 Å². The number of piperidine rings is 1. The molecule has 6 fully saturated rings. The van der Waals surface area contributed by atoms with E-state index in [1.807, 2.05) is 0 Å². The molecule has 218 valence electrons. The van der Waals surface area contributed by atoms with Crippen LogP contribution in [-0.2, 0) is 0 Å². The Labute approximate surface area is 257 Å². The van der Waals surface area contributed by atoms with Gasteiger partial charge in [-0.3, -0.25) is 4.90 Å². The third-order valence-electron chi connectivity index (χ3n) is 13.2. The van der Waals surface area contributed by atoms with E-state index in [-0.39, 0.29) is 0 Å². The van der Waals surface area contributed by atoms with Gasteiger partial charge in [-0.15, -0.1) is 0 Å². The molecule has 0 amide bonds. The Morgan fingerprint density at radius 3 is 1.86 bits per heavy atom. The van der Waals surface area contributed by atoms with Gasteiger partial charge in [-0.2, -0.15) is 11.8 Å². The summed E-state index contributed by atoms with van der Waals surface area (Å²) in [6.07, 6.45) is 14.3. The molecule has 0 radical (unpaired) electrons. The number of rotatable bonds is 3. The lowest BCUT2D eigenvalue weighted by molar-refractivity contribution is -0.145. The summed E-state index contributed by atoms with van der Waals surface area (Å²) < 4.78 is 0. The average Bonchev–Trinajstić information content (AvgIpc) is 3.07. The largest absolute Gasteiger partial charge is 0.292 e. The molecule has 2 heterocycles. The topological polar surface area (TPSA) is 3.24 Å². The van der Waals surface area contributed by atoms with E-state index in [0.717, 1.165) is 70.1 Å². The Bertz CT molecular complexity index is 1360. The third-order valence-corrected chi connectivity index (χ3v) is 14.9. The van der Waals surface area contributed by atoms with Gasteiger partial charge >= 0.3 is 0 Å². The van der Waals surface area contributed by atoms with Crippen LogP contribution in [0, 0.1) is 23.7 Å². The Hall–Kier alpha value is -2.03. The van der Waals surface area contributed by atoms with E-state index in [2.05, 4.69) is 108 Å². The lowest BCUT2D eigenvalue weighted by atomic mass is 9.50. The molecule has 3 aromatic rings. The molecule has 3 aromatic carbocycles. The monoisotopic (exact) mass is 573 g/mol. The highest BCUT2D eigenvalue weighted by Gasteiger charge is 2.62. The minimum Gasteiger partial charge on any atom is -0.292 e. The van der Waals surface area contributed by atoms with Gasteiger partial charge in [0.2, 0.25) is 0 Å². The van der Waals surface area contributed by atoms with Gasteiger partial charge in [0.05, 0.1) is 0 Å². The van der Waals surface area contributed by atoms with E-state index < -0.39 is 0 Å². The van der Waals surface area contributed by atoms with Crippen molar-refractivity contribution < 1.29 is 0 Å². The molecule has 4 aliphatic carbocycles. The Kier molecular flexibility index (Phi) is 6.81. The van der Waals surface area contributed by atoms with Crippen LogP contribution in [-0.4, -0.2) is 33.5 Å². The summed E-state index contributed by atoms with van der Waals surface area (Å²) in [6, 6.07) is 37.4. The highest BCUT2D eigenvalue weighted by Crippen LogP contribution is 2.64. The van der Waals surface area contributed by atoms with Crippen LogP contribution in [0.5, 0.6) is 0 Å². The highest BCUT2D eigenvalue weighted by molar-refractivity contribution is 8.00. The molecule has 6 aliphatic rings. The number of hydrogen-bond acceptors (Lipinski definition) is 2. The SMILES string of the molecule is c1ccc(C2CCC3C(C2)SC2CC(c4ccccc4)CC4C5CCCC6C(c7ccccc7)CCC(C65)N3C24)cc1. The summed E-state index contributed by atoms with van der Waals surface area (Å²) in [5, 5.41) is 1.60. The summed E-state index contributed by atoms with van der Waals surface area (Å²) in [5.41, 5.74) is 4.86. The molecule has 1 nitrogen and oxygen atoms in total. The third kappa shape index (κ3) is 4.29. The van der Waals surface area contributed by atoms with Crippen LogP contribution >= 0.6 is 11.8 Å². The first-order chi connectivity index (χ1) is 20.8. The van der Waals surface area contributed by atoms with E-state index in [9.17, 15) is 0 Å². The number of fused-ring (bicyclic) bond motifs is 4. The maximum atomic E-state index is 3.32. The van der Waals surface area contributed by atoms with Gasteiger partial charge in [-0.05, 0) is 116 Å². The van der Waals surface area contributed by atoms with E-state index >= 15 is 0 Å². The van der Waals surface area contributed by atoms with Crippen molar-refractivity contribution in [3.8, 4) is 0 Å². The second kappa shape index (κ2) is 10.8. The normalized spacial score (nSPS) is 42.6. The molecule has 0 bridgehead atoms. The van der Waals surface area contributed by atoms with Gasteiger partial charge < -0.3 is 0 Å². The van der Waals surface area contributed by atoms with Gasteiger partial charge in [-0.25, -0.2) is 0 Å². The predicted octanol–water partition coefficient (Wildman–Crippen LogP) is 9.66. The first-order valence-corrected chi connectivity index (χ1v) is 18.4. The summed E-state index contributed by atoms with van der Waals surface area (Å²) in [5.74, 6) is 5.87. The van der Waals surface area contributed by atoms with Gasteiger partial charge in [0.25, 0.3) is 0 Å². The molecular formula is C40H47NS. The molecule has 0 spiro atoms. The molecule has 42 heavy (non-hydrogen) atoms. The van der Waals surface area contributed by atoms with Crippen molar-refractivity contribution >= 4 is 11.8 Å². The number of thioether (sulfide) groups is 1. The molecular weight excluding hydrogens is 527 g/mol. The second-order valence-corrected chi connectivity index (χ2v) is 16.4. The van der Waals surface area contributed by atoms with Crippen LogP contribution in [0.3, 0.4) is 0 Å².